The molecule has 0 saturated heterocycles. The molecular formula is C14H20O6. The van der Waals surface area contributed by atoms with E-state index in [1.54, 1.807) is 0 Å². The van der Waals surface area contributed by atoms with Gasteiger partial charge in [0.05, 0.1) is 5.41 Å². The van der Waals surface area contributed by atoms with Gasteiger partial charge in [-0.1, -0.05) is 31.6 Å². The van der Waals surface area contributed by atoms with Crippen molar-refractivity contribution < 1.29 is 29.7 Å². The monoisotopic (exact) mass is 284 g/mol. The molecule has 0 fully saturated rings. The molecule has 1 aliphatic rings. The number of rotatable bonds is 5. The lowest BCUT2D eigenvalue weighted by atomic mass is 9.80. The summed E-state index contributed by atoms with van der Waals surface area (Å²) < 4.78 is 0. The minimum Gasteiger partial charge on any atom is -0.481 e. The largest absolute Gasteiger partial charge is 0.481 e. The van der Waals surface area contributed by atoms with Gasteiger partial charge in [0.15, 0.2) is 0 Å². The molecule has 3 N–H and O–H groups in total. The van der Waals surface area contributed by atoms with E-state index < -0.39 is 23.3 Å². The van der Waals surface area contributed by atoms with Crippen molar-refractivity contribution in [3.8, 4) is 0 Å². The quantitative estimate of drug-likeness (QED) is 0.714. The van der Waals surface area contributed by atoms with Crippen LogP contribution in [0, 0.1) is 5.41 Å². The van der Waals surface area contributed by atoms with Crippen molar-refractivity contribution in [2.75, 3.05) is 0 Å². The molecule has 1 atom stereocenters. The Morgan fingerprint density at radius 2 is 1.85 bits per heavy atom. The minimum atomic E-state index is -1.08. The minimum absolute atomic E-state index is 0.0359. The summed E-state index contributed by atoms with van der Waals surface area (Å²) in [5, 5.41) is 25.5. The fourth-order valence-corrected chi connectivity index (χ4v) is 1.51. The lowest BCUT2D eigenvalue weighted by Crippen LogP contribution is -2.28. The molecule has 0 saturated carbocycles. The summed E-state index contributed by atoms with van der Waals surface area (Å²) >= 11 is 0. The second-order valence-corrected chi connectivity index (χ2v) is 4.75. The van der Waals surface area contributed by atoms with Crippen LogP contribution >= 0.6 is 0 Å². The number of carbonyl (C=O) groups is 3. The summed E-state index contributed by atoms with van der Waals surface area (Å²) in [5.74, 6) is -2.76. The molecule has 6 heteroatoms. The predicted octanol–water partition coefficient (Wildman–Crippen LogP) is 2.31. The number of carboxylic acids is 3. The van der Waals surface area contributed by atoms with E-state index >= 15 is 0 Å². The first-order valence-corrected chi connectivity index (χ1v) is 6.29. The van der Waals surface area contributed by atoms with Crippen LogP contribution in [0.4, 0.5) is 0 Å². The van der Waals surface area contributed by atoms with Gasteiger partial charge in [-0.25, -0.2) is 4.79 Å². The van der Waals surface area contributed by atoms with Gasteiger partial charge in [0.2, 0.25) is 0 Å². The molecule has 1 rings (SSSR count). The summed E-state index contributed by atoms with van der Waals surface area (Å²) in [6.45, 7) is 3.48. The van der Waals surface area contributed by atoms with Crippen LogP contribution in [0.3, 0.4) is 0 Å². The average molecular weight is 284 g/mol. The molecule has 0 radical (unpaired) electrons. The summed E-state index contributed by atoms with van der Waals surface area (Å²) in [6, 6.07) is 0. The molecular weight excluding hydrogens is 264 g/mol. The van der Waals surface area contributed by atoms with Crippen LogP contribution in [0.2, 0.25) is 0 Å². The molecule has 0 bridgehead atoms. The highest BCUT2D eigenvalue weighted by Crippen LogP contribution is 2.31. The van der Waals surface area contributed by atoms with Crippen molar-refractivity contribution in [1.29, 1.82) is 0 Å². The number of carboxylic acid groups (broad SMARTS) is 3. The van der Waals surface area contributed by atoms with Crippen LogP contribution in [0.1, 0.15) is 39.5 Å². The van der Waals surface area contributed by atoms with Gasteiger partial charge in [-0.3, -0.25) is 9.59 Å². The standard InChI is InChI=1S/C9H10O4.C5H10O2/c1-9(8(12)13)4-2-3-6(5-9)7(10)11;1-2-3-4-5(6)7/h2-4H,5H2,1H3,(H,10,11)(H,12,13);2-4H2,1H3,(H,6,7). The van der Waals surface area contributed by atoms with Crippen LogP contribution in [-0.2, 0) is 14.4 Å². The first-order valence-electron chi connectivity index (χ1n) is 6.29. The Bertz CT molecular complexity index is 435. The SMILES string of the molecule is CC1(C(=O)O)C=CC=C(C(=O)O)C1.CCCCC(=O)O. The molecule has 0 aromatic carbocycles. The Morgan fingerprint density at radius 3 is 2.20 bits per heavy atom. The topological polar surface area (TPSA) is 112 Å². The molecule has 0 aliphatic heterocycles. The summed E-state index contributed by atoms with van der Waals surface area (Å²) in [4.78, 5) is 31.1. The number of aliphatic carboxylic acids is 3. The Kier molecular flexibility index (Phi) is 7.28. The van der Waals surface area contributed by atoms with E-state index in [4.69, 9.17) is 15.3 Å². The van der Waals surface area contributed by atoms with E-state index in [0.29, 0.717) is 6.42 Å². The third kappa shape index (κ3) is 6.17. The van der Waals surface area contributed by atoms with E-state index in [1.807, 2.05) is 6.92 Å². The van der Waals surface area contributed by atoms with E-state index in [1.165, 1.54) is 25.2 Å². The van der Waals surface area contributed by atoms with E-state index in [-0.39, 0.29) is 12.0 Å². The third-order valence-corrected chi connectivity index (χ3v) is 2.83. The zero-order valence-corrected chi connectivity index (χ0v) is 11.6. The maximum atomic E-state index is 10.8. The van der Waals surface area contributed by atoms with Crippen molar-refractivity contribution >= 4 is 17.9 Å². The van der Waals surface area contributed by atoms with E-state index in [0.717, 1.165) is 12.8 Å². The van der Waals surface area contributed by atoms with Crippen molar-refractivity contribution in [3.63, 3.8) is 0 Å². The van der Waals surface area contributed by atoms with Gasteiger partial charge in [-0.05, 0) is 19.8 Å². The predicted molar refractivity (Wildman–Crippen MR) is 72.4 cm³/mol. The highest BCUT2D eigenvalue weighted by atomic mass is 16.4. The lowest BCUT2D eigenvalue weighted by molar-refractivity contribution is -0.145. The Hall–Kier alpha value is -2.11. The Morgan fingerprint density at radius 1 is 1.25 bits per heavy atom. The first-order chi connectivity index (χ1) is 9.23. The molecule has 0 aromatic heterocycles. The van der Waals surface area contributed by atoms with Gasteiger partial charge in [0, 0.05) is 12.0 Å². The van der Waals surface area contributed by atoms with Crippen molar-refractivity contribution in [3.05, 3.63) is 23.8 Å². The zero-order chi connectivity index (χ0) is 15.8. The summed E-state index contributed by atoms with van der Waals surface area (Å²) in [5.41, 5.74) is -0.949. The molecule has 0 aromatic rings. The normalized spacial score (nSPS) is 20.4. The van der Waals surface area contributed by atoms with Crippen molar-refractivity contribution in [2.24, 2.45) is 5.41 Å². The maximum absolute atomic E-state index is 10.8. The van der Waals surface area contributed by atoms with Gasteiger partial charge < -0.3 is 15.3 Å². The van der Waals surface area contributed by atoms with Crippen LogP contribution in [0.5, 0.6) is 0 Å². The van der Waals surface area contributed by atoms with Gasteiger partial charge >= 0.3 is 17.9 Å². The first kappa shape index (κ1) is 17.9. The third-order valence-electron chi connectivity index (χ3n) is 2.83. The van der Waals surface area contributed by atoms with E-state index in [9.17, 15) is 14.4 Å². The molecule has 0 spiro atoms. The van der Waals surface area contributed by atoms with Gasteiger partial charge in [-0.2, -0.15) is 0 Å². The highest BCUT2D eigenvalue weighted by Gasteiger charge is 2.34. The Labute approximate surface area is 117 Å². The summed E-state index contributed by atoms with van der Waals surface area (Å²) in [7, 11) is 0. The smallest absolute Gasteiger partial charge is 0.331 e. The number of unbranched alkanes of at least 4 members (excludes halogenated alkanes) is 1. The molecule has 0 heterocycles. The maximum Gasteiger partial charge on any atom is 0.331 e. The van der Waals surface area contributed by atoms with Gasteiger partial charge in [0.1, 0.15) is 0 Å². The lowest BCUT2D eigenvalue weighted by Gasteiger charge is -2.23. The second kappa shape index (κ2) is 8.14. The highest BCUT2D eigenvalue weighted by molar-refractivity contribution is 5.90. The van der Waals surface area contributed by atoms with Gasteiger partial charge in [0.25, 0.3) is 0 Å². The molecule has 1 aliphatic carbocycles. The molecule has 20 heavy (non-hydrogen) atoms. The van der Waals surface area contributed by atoms with Crippen LogP contribution in [-0.4, -0.2) is 33.2 Å². The molecule has 1 unspecified atom stereocenters. The van der Waals surface area contributed by atoms with Crippen LogP contribution < -0.4 is 0 Å². The van der Waals surface area contributed by atoms with Crippen LogP contribution in [0.25, 0.3) is 0 Å². The average Bonchev–Trinajstić information content (AvgIpc) is 2.37. The molecule has 6 nitrogen and oxygen atoms in total. The van der Waals surface area contributed by atoms with Crippen LogP contribution in [0.15, 0.2) is 23.8 Å². The zero-order valence-electron chi connectivity index (χ0n) is 11.6. The fraction of sp³-hybridized carbons (Fsp3) is 0.500. The number of allylic oxidation sites excluding steroid dienone is 2. The molecule has 112 valence electrons. The Balaban J connectivity index is 0.000000441. The second-order valence-electron chi connectivity index (χ2n) is 4.75. The van der Waals surface area contributed by atoms with Gasteiger partial charge in [-0.15, -0.1) is 0 Å². The fourth-order valence-electron chi connectivity index (χ4n) is 1.51. The van der Waals surface area contributed by atoms with E-state index in [2.05, 4.69) is 0 Å². The van der Waals surface area contributed by atoms with Crippen molar-refractivity contribution in [2.45, 2.75) is 39.5 Å². The number of hydrogen-bond donors (Lipinski definition) is 3. The summed E-state index contributed by atoms with van der Waals surface area (Å²) in [6.07, 6.45) is 6.52. The van der Waals surface area contributed by atoms with Crippen molar-refractivity contribution in [1.82, 2.24) is 0 Å². The number of hydrogen-bond acceptors (Lipinski definition) is 3. The molecule has 0 amide bonds.